The van der Waals surface area contributed by atoms with Crippen LogP contribution in [0.25, 0.3) is 0 Å². The maximum absolute atomic E-state index is 13.9. The van der Waals surface area contributed by atoms with E-state index in [4.69, 9.17) is 9.47 Å². The van der Waals surface area contributed by atoms with Crippen LogP contribution in [-0.2, 0) is 33.9 Å². The molecule has 1 aliphatic carbocycles. The van der Waals surface area contributed by atoms with Crippen molar-refractivity contribution in [2.24, 2.45) is 0 Å². The van der Waals surface area contributed by atoms with Gasteiger partial charge in [0, 0.05) is 18.5 Å². The van der Waals surface area contributed by atoms with E-state index in [2.05, 4.69) is 0 Å². The molecule has 0 unspecified atom stereocenters. The molecule has 5 rings (SSSR count). The normalized spacial score (nSPS) is 21.5. The monoisotopic (exact) mass is 501 g/mol. The van der Waals surface area contributed by atoms with Gasteiger partial charge in [0.15, 0.2) is 6.10 Å². The lowest BCUT2D eigenvalue weighted by Crippen LogP contribution is -2.51. The van der Waals surface area contributed by atoms with Crippen molar-refractivity contribution < 1.29 is 29.3 Å². The number of aliphatic hydroxyl groups excluding tert-OH is 1. The van der Waals surface area contributed by atoms with Crippen molar-refractivity contribution in [3.8, 4) is 5.75 Å². The summed E-state index contributed by atoms with van der Waals surface area (Å²) in [7, 11) is 0. The minimum absolute atomic E-state index is 0.145. The third kappa shape index (κ3) is 5.38. The summed E-state index contributed by atoms with van der Waals surface area (Å²) < 4.78 is 12.3. The van der Waals surface area contributed by atoms with Crippen molar-refractivity contribution >= 4 is 11.9 Å². The second kappa shape index (κ2) is 10.7. The number of carbonyl (C=O) groups excluding carboxylic acids is 1. The van der Waals surface area contributed by atoms with Gasteiger partial charge in [-0.1, -0.05) is 72.8 Å². The summed E-state index contributed by atoms with van der Waals surface area (Å²) >= 11 is 0. The Bertz CT molecular complexity index is 1260. The van der Waals surface area contributed by atoms with E-state index in [9.17, 15) is 19.8 Å². The average molecular weight is 502 g/mol. The number of ether oxygens (including phenoxy) is 2. The number of carbonyl (C=O) groups is 2. The van der Waals surface area contributed by atoms with Crippen LogP contribution in [0.1, 0.15) is 46.8 Å². The van der Waals surface area contributed by atoms with Crippen LogP contribution in [0.3, 0.4) is 0 Å². The van der Waals surface area contributed by atoms with Gasteiger partial charge in [-0.05, 0) is 42.0 Å². The van der Waals surface area contributed by atoms with Crippen LogP contribution in [0.4, 0.5) is 0 Å². The first kappa shape index (κ1) is 25.0. The first-order chi connectivity index (χ1) is 17.9. The number of carboxylic acid groups (broad SMARTS) is 1. The van der Waals surface area contributed by atoms with Crippen LogP contribution in [0.15, 0.2) is 72.8 Å². The van der Waals surface area contributed by atoms with Crippen LogP contribution in [-0.4, -0.2) is 45.2 Å². The summed E-state index contributed by atoms with van der Waals surface area (Å²) in [6.45, 7) is 2.46. The summed E-state index contributed by atoms with van der Waals surface area (Å²) in [6, 6.07) is 21.8. The van der Waals surface area contributed by atoms with E-state index in [1.54, 1.807) is 0 Å². The number of amides is 1. The van der Waals surface area contributed by atoms with E-state index in [1.165, 1.54) is 4.90 Å². The van der Waals surface area contributed by atoms with Gasteiger partial charge in [-0.25, -0.2) is 4.79 Å². The van der Waals surface area contributed by atoms with Crippen LogP contribution in [0.2, 0.25) is 0 Å². The van der Waals surface area contributed by atoms with Gasteiger partial charge in [-0.15, -0.1) is 0 Å². The highest BCUT2D eigenvalue weighted by atomic mass is 16.5. The second-order valence-electron chi connectivity index (χ2n) is 9.82. The lowest BCUT2D eigenvalue weighted by atomic mass is 9.90. The maximum Gasteiger partial charge on any atom is 0.326 e. The fraction of sp³-hybridized carbons (Fsp3) is 0.333. The first-order valence-corrected chi connectivity index (χ1v) is 12.6. The SMILES string of the molecule is Cc1ccc2c(c1OCc1ccccc1)C[C@@H](C(=O)O)N(C(=O)[C@H](OC1CC(O)C1)c1ccccc1)C2. The minimum atomic E-state index is -1.07. The number of nitrogens with zero attached hydrogens (tertiary/aromatic N) is 1. The highest BCUT2D eigenvalue weighted by Gasteiger charge is 2.41. The molecule has 1 heterocycles. The average Bonchev–Trinajstić information content (AvgIpc) is 2.90. The molecule has 3 aromatic carbocycles. The molecular weight excluding hydrogens is 470 g/mol. The molecule has 0 bridgehead atoms. The standard InChI is InChI=1S/C30H31NO6/c1-19-12-13-22-17-31(29(33)28(21-10-6-3-7-11-21)37-24-14-23(32)15-24)26(30(34)35)16-25(22)27(19)36-18-20-8-4-2-5-9-20/h2-13,23-24,26,28,32H,14-18H2,1H3,(H,34,35)/t23?,24?,26-,28+/m0/s1. The van der Waals surface area contributed by atoms with Crippen LogP contribution in [0, 0.1) is 6.92 Å². The number of carboxylic acids is 1. The van der Waals surface area contributed by atoms with Gasteiger partial charge in [0.05, 0.1) is 12.2 Å². The highest BCUT2D eigenvalue weighted by molar-refractivity contribution is 5.88. The predicted molar refractivity (Wildman–Crippen MR) is 137 cm³/mol. The summed E-state index contributed by atoms with van der Waals surface area (Å²) in [5, 5.41) is 19.9. The smallest absolute Gasteiger partial charge is 0.326 e. The molecule has 3 aromatic rings. The molecule has 0 saturated heterocycles. The van der Waals surface area contributed by atoms with Gasteiger partial charge in [0.25, 0.3) is 5.91 Å². The van der Waals surface area contributed by atoms with Crippen molar-refractivity contribution in [2.75, 3.05) is 0 Å². The Hall–Kier alpha value is -3.68. The van der Waals surface area contributed by atoms with Crippen LogP contribution < -0.4 is 4.74 Å². The molecule has 1 aliphatic heterocycles. The number of aliphatic hydroxyl groups is 1. The van der Waals surface area contributed by atoms with E-state index in [-0.39, 0.29) is 19.1 Å². The zero-order valence-electron chi connectivity index (χ0n) is 20.7. The number of hydrogen-bond acceptors (Lipinski definition) is 5. The predicted octanol–water partition coefficient (Wildman–Crippen LogP) is 4.19. The third-order valence-electron chi connectivity index (χ3n) is 7.19. The Kier molecular flexibility index (Phi) is 7.26. The summed E-state index contributed by atoms with van der Waals surface area (Å²) in [5.74, 6) is -0.780. The Morgan fingerprint density at radius 3 is 2.32 bits per heavy atom. The van der Waals surface area contributed by atoms with E-state index in [0.717, 1.165) is 22.3 Å². The van der Waals surface area contributed by atoms with Gasteiger partial charge >= 0.3 is 5.97 Å². The Morgan fingerprint density at radius 2 is 1.68 bits per heavy atom. The Morgan fingerprint density at radius 1 is 1.00 bits per heavy atom. The molecule has 2 aliphatic rings. The van der Waals surface area contributed by atoms with Crippen LogP contribution >= 0.6 is 0 Å². The zero-order valence-corrected chi connectivity index (χ0v) is 20.7. The number of benzene rings is 3. The van der Waals surface area contributed by atoms with Crippen molar-refractivity contribution in [1.29, 1.82) is 0 Å². The molecule has 2 N–H and O–H groups in total. The summed E-state index contributed by atoms with van der Waals surface area (Å²) in [4.78, 5) is 27.7. The fourth-order valence-electron chi connectivity index (χ4n) is 5.04. The summed E-state index contributed by atoms with van der Waals surface area (Å²) in [6.07, 6.45) is -0.549. The third-order valence-corrected chi connectivity index (χ3v) is 7.19. The van der Waals surface area contributed by atoms with Gasteiger partial charge in [-0.3, -0.25) is 4.79 Å². The Balaban J connectivity index is 1.43. The molecule has 192 valence electrons. The van der Waals surface area contributed by atoms with E-state index < -0.39 is 30.1 Å². The molecule has 7 nitrogen and oxygen atoms in total. The molecule has 0 radical (unpaired) electrons. The largest absolute Gasteiger partial charge is 0.488 e. The number of aryl methyl sites for hydroxylation is 1. The topological polar surface area (TPSA) is 96.3 Å². The van der Waals surface area contributed by atoms with Gasteiger partial charge in [0.2, 0.25) is 0 Å². The molecule has 1 fully saturated rings. The molecule has 37 heavy (non-hydrogen) atoms. The van der Waals surface area contributed by atoms with Crippen molar-refractivity contribution in [3.05, 3.63) is 101 Å². The second-order valence-corrected chi connectivity index (χ2v) is 9.82. The van der Waals surface area contributed by atoms with E-state index in [1.807, 2.05) is 79.7 Å². The van der Waals surface area contributed by atoms with Gasteiger partial charge < -0.3 is 24.6 Å². The quantitative estimate of drug-likeness (QED) is 0.481. The fourth-order valence-corrected chi connectivity index (χ4v) is 5.04. The van der Waals surface area contributed by atoms with E-state index >= 15 is 0 Å². The molecule has 7 heteroatoms. The number of fused-ring (bicyclic) bond motifs is 1. The van der Waals surface area contributed by atoms with Crippen molar-refractivity contribution in [2.45, 2.75) is 63.7 Å². The number of rotatable bonds is 8. The minimum Gasteiger partial charge on any atom is -0.488 e. The zero-order chi connectivity index (χ0) is 25.9. The van der Waals surface area contributed by atoms with Gasteiger partial charge in [0.1, 0.15) is 18.4 Å². The van der Waals surface area contributed by atoms with E-state index in [0.29, 0.717) is 30.8 Å². The molecule has 1 amide bonds. The molecule has 0 spiro atoms. The molecule has 2 atom stereocenters. The van der Waals surface area contributed by atoms with Crippen LogP contribution in [0.5, 0.6) is 5.75 Å². The van der Waals surface area contributed by atoms with Gasteiger partial charge in [-0.2, -0.15) is 0 Å². The maximum atomic E-state index is 13.9. The lowest BCUT2D eigenvalue weighted by Gasteiger charge is -2.39. The first-order valence-electron chi connectivity index (χ1n) is 12.6. The molecule has 1 saturated carbocycles. The van der Waals surface area contributed by atoms with Crippen molar-refractivity contribution in [1.82, 2.24) is 4.90 Å². The number of aliphatic carboxylic acids is 1. The van der Waals surface area contributed by atoms with Crippen molar-refractivity contribution in [3.63, 3.8) is 0 Å². The summed E-state index contributed by atoms with van der Waals surface area (Å²) in [5.41, 5.74) is 4.30. The number of hydrogen-bond donors (Lipinski definition) is 2. The molecule has 0 aromatic heterocycles. The Labute approximate surface area is 216 Å². The molecular formula is C30H31NO6. The lowest BCUT2D eigenvalue weighted by molar-refractivity contribution is -0.167. The highest BCUT2D eigenvalue weighted by Crippen LogP contribution is 2.37.